The first kappa shape index (κ1) is 34.3. The molecule has 0 radical (unpaired) electrons. The summed E-state index contributed by atoms with van der Waals surface area (Å²) < 4.78 is 5.71. The molecule has 6 atom stereocenters. The monoisotopic (exact) mass is 540 g/mol. The van der Waals surface area contributed by atoms with Crippen LogP contribution in [0.25, 0.3) is 0 Å². The van der Waals surface area contributed by atoms with E-state index < -0.39 is 36.5 Å². The fraction of sp³-hybridized carbons (Fsp3) is 0.485. The standard InChI is InChI=1S/C33H48O6/c1-5-6-7-9-13-25(2)18-21-32-27(4)19-20-28(34)15-10-8-11-16-29(35)22-26(3)14-12-17-30(36)23-31(37)24-33(38)39-32/h5,7-10,12-13,17-21,27-32,34-37H,1,3,6,11,14-16,22-24H2,2,4H3/b9-7-,10-8-,17-12-,20-19-,21-18+,25-13-/t27-,28-,29+,30+,31+,32-/m0/s1. The topological polar surface area (TPSA) is 107 Å². The van der Waals surface area contributed by atoms with Gasteiger partial charge in [-0.1, -0.05) is 91.5 Å². The van der Waals surface area contributed by atoms with Crippen LogP contribution < -0.4 is 0 Å². The number of ether oxygens (including phenoxy) is 1. The molecule has 0 aromatic carbocycles. The summed E-state index contributed by atoms with van der Waals surface area (Å²) in [5, 5.41) is 41.2. The third-order valence-corrected chi connectivity index (χ3v) is 6.19. The van der Waals surface area contributed by atoms with E-state index >= 15 is 0 Å². The Bertz CT molecular complexity index is 922. The molecule has 4 N–H and O–H groups in total. The number of aliphatic hydroxyl groups is 4. The zero-order valence-electron chi connectivity index (χ0n) is 23.6. The molecule has 0 fully saturated rings. The van der Waals surface area contributed by atoms with E-state index in [2.05, 4.69) is 13.2 Å². The molecule has 6 heteroatoms. The lowest BCUT2D eigenvalue weighted by Gasteiger charge is -2.21. The van der Waals surface area contributed by atoms with Crippen LogP contribution in [0.4, 0.5) is 0 Å². The van der Waals surface area contributed by atoms with E-state index in [0.717, 1.165) is 17.6 Å². The molecular formula is C33H48O6. The van der Waals surface area contributed by atoms with Crippen molar-refractivity contribution in [1.82, 2.24) is 0 Å². The van der Waals surface area contributed by atoms with E-state index in [1.165, 1.54) is 0 Å². The van der Waals surface area contributed by atoms with Crippen LogP contribution in [0.3, 0.4) is 0 Å². The van der Waals surface area contributed by atoms with Gasteiger partial charge in [0.25, 0.3) is 0 Å². The molecule has 1 rings (SSSR count). The predicted octanol–water partition coefficient (Wildman–Crippen LogP) is 5.58. The van der Waals surface area contributed by atoms with Gasteiger partial charge in [-0.25, -0.2) is 0 Å². The molecule has 39 heavy (non-hydrogen) atoms. The molecule has 0 saturated carbocycles. The van der Waals surface area contributed by atoms with Gasteiger partial charge in [0.15, 0.2) is 0 Å². The van der Waals surface area contributed by atoms with Gasteiger partial charge in [-0.15, -0.1) is 6.58 Å². The molecule has 0 aliphatic carbocycles. The normalized spacial score (nSPS) is 32.2. The van der Waals surface area contributed by atoms with Gasteiger partial charge in [0.2, 0.25) is 0 Å². The van der Waals surface area contributed by atoms with Crippen molar-refractivity contribution < 1.29 is 30.0 Å². The summed E-state index contributed by atoms with van der Waals surface area (Å²) in [5.74, 6) is -0.811. The average Bonchev–Trinajstić information content (AvgIpc) is 2.86. The molecular weight excluding hydrogens is 492 g/mol. The van der Waals surface area contributed by atoms with Crippen molar-refractivity contribution in [1.29, 1.82) is 0 Å². The number of esters is 1. The fourth-order valence-electron chi connectivity index (χ4n) is 3.90. The van der Waals surface area contributed by atoms with Gasteiger partial charge in [-0.2, -0.15) is 0 Å². The Labute approximate surface area is 234 Å². The molecule has 0 saturated heterocycles. The van der Waals surface area contributed by atoms with Crippen LogP contribution in [0.15, 0.2) is 97.2 Å². The Morgan fingerprint density at radius 2 is 1.82 bits per heavy atom. The third kappa shape index (κ3) is 17.4. The number of rotatable bonds is 5. The second-order valence-corrected chi connectivity index (χ2v) is 10.2. The van der Waals surface area contributed by atoms with Crippen LogP contribution >= 0.6 is 0 Å². The molecule has 1 heterocycles. The maximum absolute atomic E-state index is 12.7. The molecule has 0 bridgehead atoms. The van der Waals surface area contributed by atoms with Crippen LogP contribution in [-0.2, 0) is 9.53 Å². The van der Waals surface area contributed by atoms with Gasteiger partial charge in [-0.3, -0.25) is 4.79 Å². The van der Waals surface area contributed by atoms with E-state index in [1.807, 2.05) is 62.5 Å². The smallest absolute Gasteiger partial charge is 0.309 e. The molecule has 0 aromatic rings. The number of hydrogen-bond acceptors (Lipinski definition) is 6. The van der Waals surface area contributed by atoms with E-state index in [9.17, 15) is 25.2 Å². The highest BCUT2D eigenvalue weighted by Gasteiger charge is 2.21. The van der Waals surface area contributed by atoms with Crippen molar-refractivity contribution in [2.45, 2.75) is 95.7 Å². The summed E-state index contributed by atoms with van der Waals surface area (Å²) in [4.78, 5) is 12.7. The molecule has 0 spiro atoms. The van der Waals surface area contributed by atoms with Gasteiger partial charge < -0.3 is 25.2 Å². The van der Waals surface area contributed by atoms with Gasteiger partial charge in [0, 0.05) is 12.3 Å². The number of cyclic esters (lactones) is 1. The zero-order valence-corrected chi connectivity index (χ0v) is 23.6. The highest BCUT2D eigenvalue weighted by Crippen LogP contribution is 2.17. The van der Waals surface area contributed by atoms with E-state index in [4.69, 9.17) is 4.74 Å². The Morgan fingerprint density at radius 3 is 2.56 bits per heavy atom. The molecule has 0 aromatic heterocycles. The summed E-state index contributed by atoms with van der Waals surface area (Å²) in [6, 6.07) is 0. The van der Waals surface area contributed by atoms with Crippen molar-refractivity contribution in [3.8, 4) is 0 Å². The molecule has 216 valence electrons. The lowest BCUT2D eigenvalue weighted by atomic mass is 10.0. The van der Waals surface area contributed by atoms with Gasteiger partial charge in [0.1, 0.15) is 6.10 Å². The van der Waals surface area contributed by atoms with Crippen molar-refractivity contribution >= 4 is 5.97 Å². The van der Waals surface area contributed by atoms with Crippen LogP contribution in [-0.4, -0.2) is 56.9 Å². The number of aliphatic hydroxyl groups excluding tert-OH is 4. The first-order chi connectivity index (χ1) is 18.6. The van der Waals surface area contributed by atoms with Crippen molar-refractivity contribution in [2.75, 3.05) is 0 Å². The molecule has 1 aliphatic heterocycles. The van der Waals surface area contributed by atoms with Gasteiger partial charge in [-0.05, 0) is 51.5 Å². The second-order valence-electron chi connectivity index (χ2n) is 10.2. The van der Waals surface area contributed by atoms with Crippen LogP contribution in [0.5, 0.6) is 0 Å². The predicted molar refractivity (Wildman–Crippen MR) is 159 cm³/mol. The Morgan fingerprint density at radius 1 is 1.05 bits per heavy atom. The Balaban J connectivity index is 3.05. The summed E-state index contributed by atoms with van der Waals surface area (Å²) in [6.45, 7) is 11.5. The second kappa shape index (κ2) is 20.2. The number of carbonyl (C=O) groups excluding carboxylic acids is 1. The van der Waals surface area contributed by atoms with Crippen LogP contribution in [0, 0.1) is 5.92 Å². The summed E-state index contributed by atoms with van der Waals surface area (Å²) >= 11 is 0. The van der Waals surface area contributed by atoms with Crippen molar-refractivity contribution in [3.63, 3.8) is 0 Å². The minimum Gasteiger partial charge on any atom is -0.457 e. The lowest BCUT2D eigenvalue weighted by molar-refractivity contribution is -0.150. The van der Waals surface area contributed by atoms with Crippen LogP contribution in [0.1, 0.15) is 65.2 Å². The van der Waals surface area contributed by atoms with E-state index in [-0.39, 0.29) is 18.8 Å². The SMILES string of the molecule is C=CC\C=C/C=C(C)\C=C\[C@@H]1OC(=O)C[C@H](O)C[C@H](O)/C=C\CC(=C)C[C@H](O)CC/C=C\C[C@H](O)/C=C\[C@@H]1C. The van der Waals surface area contributed by atoms with Gasteiger partial charge >= 0.3 is 5.97 Å². The highest BCUT2D eigenvalue weighted by atomic mass is 16.5. The molecule has 0 unspecified atom stereocenters. The Kier molecular flexibility index (Phi) is 17.7. The van der Waals surface area contributed by atoms with Crippen molar-refractivity contribution in [2.24, 2.45) is 5.92 Å². The summed E-state index contributed by atoms with van der Waals surface area (Å²) in [7, 11) is 0. The summed E-state index contributed by atoms with van der Waals surface area (Å²) in [6.07, 6.45) is 21.4. The minimum atomic E-state index is -1.07. The van der Waals surface area contributed by atoms with Gasteiger partial charge in [0.05, 0.1) is 30.8 Å². The highest BCUT2D eigenvalue weighted by molar-refractivity contribution is 5.70. The maximum atomic E-state index is 12.7. The lowest BCUT2D eigenvalue weighted by Crippen LogP contribution is -2.26. The quantitative estimate of drug-likeness (QED) is 0.206. The maximum Gasteiger partial charge on any atom is 0.309 e. The number of hydrogen-bond donors (Lipinski definition) is 4. The minimum absolute atomic E-state index is 0.00587. The van der Waals surface area contributed by atoms with E-state index in [0.29, 0.717) is 32.1 Å². The Hall–Kier alpha value is -2.77. The first-order valence-electron chi connectivity index (χ1n) is 13.8. The summed E-state index contributed by atoms with van der Waals surface area (Å²) in [5.41, 5.74) is 1.81. The number of allylic oxidation sites excluding steroid dienone is 8. The van der Waals surface area contributed by atoms with Crippen molar-refractivity contribution in [3.05, 3.63) is 97.2 Å². The molecule has 1 aliphatic rings. The first-order valence-corrected chi connectivity index (χ1v) is 13.8. The molecule has 0 amide bonds. The third-order valence-electron chi connectivity index (χ3n) is 6.19. The fourth-order valence-corrected chi connectivity index (χ4v) is 3.90. The zero-order chi connectivity index (χ0) is 29.0. The van der Waals surface area contributed by atoms with Crippen LogP contribution in [0.2, 0.25) is 0 Å². The average molecular weight is 541 g/mol. The van der Waals surface area contributed by atoms with E-state index in [1.54, 1.807) is 24.3 Å². The number of carbonyl (C=O) groups is 1. The molecule has 6 nitrogen and oxygen atoms in total. The largest absolute Gasteiger partial charge is 0.457 e.